The summed E-state index contributed by atoms with van der Waals surface area (Å²) in [7, 11) is -2.34. The van der Waals surface area contributed by atoms with E-state index in [0.717, 1.165) is 31.1 Å². The van der Waals surface area contributed by atoms with Crippen molar-refractivity contribution in [3.05, 3.63) is 83.4 Å². The van der Waals surface area contributed by atoms with E-state index in [1.807, 2.05) is 37.3 Å². The maximum atomic E-state index is 12.9. The number of piperidine rings is 1. The van der Waals surface area contributed by atoms with Gasteiger partial charge < -0.3 is 10.1 Å². The average Bonchev–Trinajstić information content (AvgIpc) is 2.85. The summed E-state index contributed by atoms with van der Waals surface area (Å²) in [5, 5.41) is 2.83. The fourth-order valence-electron chi connectivity index (χ4n) is 4.48. The molecule has 8 heteroatoms. The van der Waals surface area contributed by atoms with Gasteiger partial charge in [0.15, 0.2) is 0 Å². The van der Waals surface area contributed by atoms with E-state index in [1.165, 1.54) is 37.6 Å². The molecule has 1 fully saturated rings. The molecule has 0 aromatic heterocycles. The lowest BCUT2D eigenvalue weighted by molar-refractivity contribution is 0.102. The molecule has 0 aliphatic carbocycles. The molecular formula is C28H33N3O4S. The van der Waals surface area contributed by atoms with Crippen molar-refractivity contribution in [2.45, 2.75) is 38.1 Å². The van der Waals surface area contributed by atoms with E-state index in [1.54, 1.807) is 24.3 Å². The summed E-state index contributed by atoms with van der Waals surface area (Å²) >= 11 is 0. The van der Waals surface area contributed by atoms with Crippen LogP contribution in [0.25, 0.3) is 0 Å². The lowest BCUT2D eigenvalue weighted by Crippen LogP contribution is -2.33. The Bertz CT molecular complexity index is 1310. The Kier molecular flexibility index (Phi) is 7.96. The van der Waals surface area contributed by atoms with Crippen molar-refractivity contribution in [1.82, 2.24) is 4.90 Å². The molecule has 190 valence electrons. The molecule has 2 N–H and O–H groups in total. The first-order chi connectivity index (χ1) is 17.2. The Morgan fingerprint density at radius 2 is 1.78 bits per heavy atom. The minimum absolute atomic E-state index is 0.0837. The smallest absolute Gasteiger partial charge is 0.262 e. The summed E-state index contributed by atoms with van der Waals surface area (Å²) in [6, 6.07) is 19.0. The van der Waals surface area contributed by atoms with Crippen LogP contribution in [-0.4, -0.2) is 39.4 Å². The second-order valence-corrected chi connectivity index (χ2v) is 11.1. The second kappa shape index (κ2) is 11.1. The summed E-state index contributed by atoms with van der Waals surface area (Å²) in [6.45, 7) is 7.29. The van der Waals surface area contributed by atoms with Gasteiger partial charge in [0.25, 0.3) is 15.9 Å². The molecule has 1 heterocycles. The zero-order chi connectivity index (χ0) is 25.7. The normalized spacial score (nSPS) is 16.4. The van der Waals surface area contributed by atoms with Crippen LogP contribution in [0.15, 0.2) is 71.6 Å². The van der Waals surface area contributed by atoms with E-state index < -0.39 is 10.0 Å². The molecule has 1 atom stereocenters. The highest BCUT2D eigenvalue weighted by Crippen LogP contribution is 2.28. The average molecular weight is 508 g/mol. The van der Waals surface area contributed by atoms with E-state index in [-0.39, 0.29) is 10.8 Å². The number of hydrogen-bond donors (Lipinski definition) is 2. The van der Waals surface area contributed by atoms with Gasteiger partial charge in [0.05, 0.1) is 17.7 Å². The number of rotatable bonds is 8. The first-order valence-electron chi connectivity index (χ1n) is 12.1. The van der Waals surface area contributed by atoms with E-state index in [2.05, 4.69) is 21.9 Å². The number of carbonyl (C=O) groups is 1. The first kappa shape index (κ1) is 25.7. The SMILES string of the molecule is COc1ccc(C)cc1NS(=O)(=O)c1ccc(NC(=O)c2ccc(CN3CCC[C@H](C)C3)cc2)cc1. The minimum atomic E-state index is -3.83. The van der Waals surface area contributed by atoms with Crippen LogP contribution >= 0.6 is 0 Å². The molecule has 0 spiro atoms. The number of hydrogen-bond acceptors (Lipinski definition) is 5. The maximum absolute atomic E-state index is 12.9. The molecule has 0 unspecified atom stereocenters. The van der Waals surface area contributed by atoms with Crippen LogP contribution in [0.4, 0.5) is 11.4 Å². The van der Waals surface area contributed by atoms with Gasteiger partial charge in [-0.3, -0.25) is 14.4 Å². The highest BCUT2D eigenvalue weighted by Gasteiger charge is 2.18. The van der Waals surface area contributed by atoms with Crippen molar-refractivity contribution in [1.29, 1.82) is 0 Å². The molecule has 36 heavy (non-hydrogen) atoms. The molecule has 1 saturated heterocycles. The molecular weight excluding hydrogens is 474 g/mol. The van der Waals surface area contributed by atoms with Crippen LogP contribution in [-0.2, 0) is 16.6 Å². The lowest BCUT2D eigenvalue weighted by atomic mass is 9.99. The van der Waals surface area contributed by atoms with Gasteiger partial charge in [-0.1, -0.05) is 25.1 Å². The van der Waals surface area contributed by atoms with Gasteiger partial charge in [-0.15, -0.1) is 0 Å². The number of benzene rings is 3. The molecule has 7 nitrogen and oxygen atoms in total. The number of aryl methyl sites for hydroxylation is 1. The molecule has 0 saturated carbocycles. The van der Waals surface area contributed by atoms with Crippen molar-refractivity contribution in [2.24, 2.45) is 5.92 Å². The van der Waals surface area contributed by atoms with Crippen LogP contribution in [0.5, 0.6) is 5.75 Å². The van der Waals surface area contributed by atoms with Gasteiger partial charge in [-0.25, -0.2) is 8.42 Å². The zero-order valence-corrected chi connectivity index (χ0v) is 21.8. The van der Waals surface area contributed by atoms with Gasteiger partial charge in [-0.05, 0) is 91.9 Å². The van der Waals surface area contributed by atoms with Crippen molar-refractivity contribution < 1.29 is 17.9 Å². The third-order valence-electron chi connectivity index (χ3n) is 6.39. The van der Waals surface area contributed by atoms with Crippen molar-refractivity contribution in [2.75, 3.05) is 30.2 Å². The Hall–Kier alpha value is -3.36. The van der Waals surface area contributed by atoms with Crippen LogP contribution < -0.4 is 14.8 Å². The maximum Gasteiger partial charge on any atom is 0.262 e. The highest BCUT2D eigenvalue weighted by molar-refractivity contribution is 7.92. The Balaban J connectivity index is 1.38. The van der Waals surface area contributed by atoms with Gasteiger partial charge in [0.1, 0.15) is 5.75 Å². The minimum Gasteiger partial charge on any atom is -0.495 e. The van der Waals surface area contributed by atoms with E-state index >= 15 is 0 Å². The number of nitrogens with one attached hydrogen (secondary N) is 2. The Labute approximate surface area is 213 Å². The number of carbonyl (C=O) groups excluding carboxylic acids is 1. The Morgan fingerprint density at radius 3 is 2.44 bits per heavy atom. The zero-order valence-electron chi connectivity index (χ0n) is 21.0. The van der Waals surface area contributed by atoms with Gasteiger partial charge in [0, 0.05) is 24.3 Å². The quantitative estimate of drug-likeness (QED) is 0.433. The van der Waals surface area contributed by atoms with Crippen LogP contribution in [0, 0.1) is 12.8 Å². The number of nitrogens with zero attached hydrogens (tertiary/aromatic N) is 1. The summed E-state index contributed by atoms with van der Waals surface area (Å²) < 4.78 is 33.6. The second-order valence-electron chi connectivity index (χ2n) is 9.47. The predicted molar refractivity (Wildman–Crippen MR) is 143 cm³/mol. The number of likely N-dealkylation sites (tertiary alicyclic amines) is 1. The van der Waals surface area contributed by atoms with Crippen LogP contribution in [0.1, 0.15) is 41.3 Å². The summed E-state index contributed by atoms with van der Waals surface area (Å²) in [4.78, 5) is 15.3. The molecule has 3 aromatic carbocycles. The largest absolute Gasteiger partial charge is 0.495 e. The fraction of sp³-hybridized carbons (Fsp3) is 0.321. The third-order valence-corrected chi connectivity index (χ3v) is 7.77. The first-order valence-corrected chi connectivity index (χ1v) is 13.6. The Morgan fingerprint density at radius 1 is 1.06 bits per heavy atom. The number of anilines is 2. The standard InChI is InChI=1S/C28H33N3O4S/c1-20-6-15-27(35-3)26(17-20)30-36(33,34)25-13-11-24(12-14-25)29-28(32)23-9-7-22(8-10-23)19-31-16-4-5-21(2)18-31/h6-15,17,21,30H,4-5,16,18-19H2,1-3H3,(H,29,32)/t21-/m0/s1. The highest BCUT2D eigenvalue weighted by atomic mass is 32.2. The predicted octanol–water partition coefficient (Wildman–Crippen LogP) is 5.29. The monoisotopic (exact) mass is 507 g/mol. The molecule has 1 aliphatic heterocycles. The van der Waals surface area contributed by atoms with Crippen molar-refractivity contribution in [3.8, 4) is 5.75 Å². The summed E-state index contributed by atoms with van der Waals surface area (Å²) in [5.41, 5.74) is 3.52. The number of ether oxygens (including phenoxy) is 1. The molecule has 0 bridgehead atoms. The van der Waals surface area contributed by atoms with Crippen molar-refractivity contribution >= 4 is 27.3 Å². The topological polar surface area (TPSA) is 87.7 Å². The number of amides is 1. The molecule has 4 rings (SSSR count). The molecule has 0 radical (unpaired) electrons. The number of sulfonamides is 1. The van der Waals surface area contributed by atoms with Gasteiger partial charge in [0.2, 0.25) is 0 Å². The molecule has 3 aromatic rings. The van der Waals surface area contributed by atoms with E-state index in [9.17, 15) is 13.2 Å². The van der Waals surface area contributed by atoms with Crippen LogP contribution in [0.3, 0.4) is 0 Å². The summed E-state index contributed by atoms with van der Waals surface area (Å²) in [5.74, 6) is 0.919. The van der Waals surface area contributed by atoms with E-state index in [0.29, 0.717) is 22.7 Å². The van der Waals surface area contributed by atoms with E-state index in [4.69, 9.17) is 4.74 Å². The number of methoxy groups -OCH3 is 1. The van der Waals surface area contributed by atoms with Crippen LogP contribution in [0.2, 0.25) is 0 Å². The molecule has 1 aliphatic rings. The fourth-order valence-corrected chi connectivity index (χ4v) is 5.54. The third kappa shape index (κ3) is 6.44. The summed E-state index contributed by atoms with van der Waals surface area (Å²) in [6.07, 6.45) is 2.53. The van der Waals surface area contributed by atoms with Gasteiger partial charge in [-0.2, -0.15) is 0 Å². The lowest BCUT2D eigenvalue weighted by Gasteiger charge is -2.30. The molecule has 1 amide bonds. The van der Waals surface area contributed by atoms with Crippen molar-refractivity contribution in [3.63, 3.8) is 0 Å². The van der Waals surface area contributed by atoms with Gasteiger partial charge >= 0.3 is 0 Å².